The van der Waals surface area contributed by atoms with Crippen LogP contribution in [0.2, 0.25) is 5.22 Å². The first-order valence-electron chi connectivity index (χ1n) is 5.44. The van der Waals surface area contributed by atoms with Crippen LogP contribution in [0.1, 0.15) is 22.8 Å². The minimum Gasteiger partial charge on any atom is -0.452 e. The molecule has 0 aliphatic carbocycles. The van der Waals surface area contributed by atoms with Gasteiger partial charge in [0.15, 0.2) is 0 Å². The first kappa shape index (κ1) is 13.2. The molecule has 0 radical (unpaired) electrons. The summed E-state index contributed by atoms with van der Waals surface area (Å²) in [7, 11) is 0. The summed E-state index contributed by atoms with van der Waals surface area (Å²) in [5, 5.41) is 2.93. The summed E-state index contributed by atoms with van der Waals surface area (Å²) >= 11 is 9.17. The molecule has 0 spiro atoms. The highest BCUT2D eigenvalue weighted by atomic mass is 79.9. The molecule has 5 heteroatoms. The Morgan fingerprint density at radius 1 is 1.44 bits per heavy atom. The zero-order valence-electron chi connectivity index (χ0n) is 9.67. The molecule has 94 valence electrons. The average Bonchev–Trinajstić information content (AvgIpc) is 2.77. The number of hydrogen-bond donors (Lipinski definition) is 1. The first-order chi connectivity index (χ1) is 8.61. The van der Waals surface area contributed by atoms with Gasteiger partial charge in [-0.2, -0.15) is 0 Å². The van der Waals surface area contributed by atoms with Crippen molar-refractivity contribution in [1.82, 2.24) is 0 Å². The van der Waals surface area contributed by atoms with Gasteiger partial charge in [-0.15, -0.1) is 0 Å². The molecule has 0 aliphatic rings. The van der Waals surface area contributed by atoms with Gasteiger partial charge in [0, 0.05) is 10.2 Å². The standard InChI is InChI=1S/C13H11BrClNO2/c1-2-8-7-9(14)3-4-11(8)16-13(17)10-5-6-18-12(10)15/h3-7H,2H2,1H3,(H,16,17). The van der Waals surface area contributed by atoms with E-state index in [1.54, 1.807) is 6.07 Å². The van der Waals surface area contributed by atoms with E-state index in [9.17, 15) is 4.79 Å². The van der Waals surface area contributed by atoms with Crippen molar-refractivity contribution >= 4 is 39.1 Å². The summed E-state index contributed by atoms with van der Waals surface area (Å²) in [6.45, 7) is 2.03. The smallest absolute Gasteiger partial charge is 0.260 e. The summed E-state index contributed by atoms with van der Waals surface area (Å²) < 4.78 is 5.88. The van der Waals surface area contributed by atoms with Crippen molar-refractivity contribution in [1.29, 1.82) is 0 Å². The Morgan fingerprint density at radius 3 is 2.83 bits per heavy atom. The van der Waals surface area contributed by atoms with Gasteiger partial charge < -0.3 is 9.73 Å². The van der Waals surface area contributed by atoms with Crippen molar-refractivity contribution < 1.29 is 9.21 Å². The monoisotopic (exact) mass is 327 g/mol. The Labute approximate surface area is 118 Å². The van der Waals surface area contributed by atoms with Gasteiger partial charge in [-0.3, -0.25) is 4.79 Å². The summed E-state index contributed by atoms with van der Waals surface area (Å²) in [5.41, 5.74) is 2.17. The fourth-order valence-corrected chi connectivity index (χ4v) is 2.23. The van der Waals surface area contributed by atoms with Gasteiger partial charge in [-0.25, -0.2) is 0 Å². The zero-order chi connectivity index (χ0) is 13.1. The predicted octanol–water partition coefficient (Wildman–Crippen LogP) is 4.51. The third-order valence-corrected chi connectivity index (χ3v) is 3.34. The van der Waals surface area contributed by atoms with Crippen molar-refractivity contribution in [3.8, 4) is 0 Å². The van der Waals surface area contributed by atoms with Crippen LogP contribution in [-0.4, -0.2) is 5.91 Å². The number of rotatable bonds is 3. The molecule has 0 bridgehead atoms. The van der Waals surface area contributed by atoms with Gasteiger partial charge >= 0.3 is 0 Å². The summed E-state index contributed by atoms with van der Waals surface area (Å²) in [6.07, 6.45) is 2.22. The first-order valence-corrected chi connectivity index (χ1v) is 6.61. The number of benzene rings is 1. The fraction of sp³-hybridized carbons (Fsp3) is 0.154. The molecule has 2 rings (SSSR count). The molecule has 1 heterocycles. The second-order valence-corrected chi connectivity index (χ2v) is 4.98. The second-order valence-electron chi connectivity index (χ2n) is 3.72. The van der Waals surface area contributed by atoms with E-state index in [-0.39, 0.29) is 11.1 Å². The summed E-state index contributed by atoms with van der Waals surface area (Å²) in [5.74, 6) is -0.272. The van der Waals surface area contributed by atoms with Crippen molar-refractivity contribution in [3.63, 3.8) is 0 Å². The summed E-state index contributed by atoms with van der Waals surface area (Å²) in [4.78, 5) is 12.0. The lowest BCUT2D eigenvalue weighted by atomic mass is 10.1. The highest BCUT2D eigenvalue weighted by Gasteiger charge is 2.14. The molecular formula is C13H11BrClNO2. The Morgan fingerprint density at radius 2 is 2.22 bits per heavy atom. The Hall–Kier alpha value is -1.26. The Balaban J connectivity index is 2.24. The van der Waals surface area contributed by atoms with Gasteiger partial charge in [0.25, 0.3) is 5.91 Å². The van der Waals surface area contributed by atoms with Crippen LogP contribution in [0, 0.1) is 0 Å². The van der Waals surface area contributed by atoms with Crippen LogP contribution in [0.4, 0.5) is 5.69 Å². The molecule has 0 saturated carbocycles. The largest absolute Gasteiger partial charge is 0.452 e. The van der Waals surface area contributed by atoms with Crippen LogP contribution in [-0.2, 0) is 6.42 Å². The van der Waals surface area contributed by atoms with Crippen LogP contribution >= 0.6 is 27.5 Å². The lowest BCUT2D eigenvalue weighted by Gasteiger charge is -2.09. The summed E-state index contributed by atoms with van der Waals surface area (Å²) in [6, 6.07) is 7.26. The molecule has 1 aromatic heterocycles. The van der Waals surface area contributed by atoms with Crippen molar-refractivity contribution in [2.75, 3.05) is 5.32 Å². The quantitative estimate of drug-likeness (QED) is 0.900. The molecule has 3 nitrogen and oxygen atoms in total. The van der Waals surface area contributed by atoms with Crippen LogP contribution in [0.5, 0.6) is 0 Å². The van der Waals surface area contributed by atoms with Crippen LogP contribution < -0.4 is 5.32 Å². The molecule has 1 N–H and O–H groups in total. The highest BCUT2D eigenvalue weighted by molar-refractivity contribution is 9.10. The molecule has 2 aromatic rings. The molecular weight excluding hydrogens is 318 g/mol. The van der Waals surface area contributed by atoms with E-state index in [1.807, 2.05) is 25.1 Å². The highest BCUT2D eigenvalue weighted by Crippen LogP contribution is 2.23. The minimum atomic E-state index is -0.272. The maximum Gasteiger partial charge on any atom is 0.260 e. The SMILES string of the molecule is CCc1cc(Br)ccc1NC(=O)c1ccoc1Cl. The van der Waals surface area contributed by atoms with E-state index in [2.05, 4.69) is 21.2 Å². The molecule has 0 atom stereocenters. The van der Waals surface area contributed by atoms with E-state index < -0.39 is 0 Å². The zero-order valence-corrected chi connectivity index (χ0v) is 12.0. The van der Waals surface area contributed by atoms with Gasteiger partial charge in [-0.1, -0.05) is 22.9 Å². The number of carbonyl (C=O) groups excluding carboxylic acids is 1. The molecule has 1 aromatic carbocycles. The van der Waals surface area contributed by atoms with Gasteiger partial charge in [-0.05, 0) is 47.9 Å². The minimum absolute atomic E-state index is 0.0997. The average molecular weight is 329 g/mol. The number of hydrogen-bond acceptors (Lipinski definition) is 2. The van der Waals surface area contributed by atoms with Crippen LogP contribution in [0.25, 0.3) is 0 Å². The van der Waals surface area contributed by atoms with Gasteiger partial charge in [0.1, 0.15) is 0 Å². The predicted molar refractivity (Wildman–Crippen MR) is 75.2 cm³/mol. The molecule has 0 unspecified atom stereocenters. The van der Waals surface area contributed by atoms with E-state index in [4.69, 9.17) is 16.0 Å². The Bertz CT molecular complexity index is 580. The number of halogens is 2. The van der Waals surface area contributed by atoms with Crippen LogP contribution in [0.3, 0.4) is 0 Å². The maximum absolute atomic E-state index is 12.0. The lowest BCUT2D eigenvalue weighted by Crippen LogP contribution is -2.12. The van der Waals surface area contributed by atoms with E-state index in [0.29, 0.717) is 5.56 Å². The number of anilines is 1. The maximum atomic E-state index is 12.0. The molecule has 0 saturated heterocycles. The van der Waals surface area contributed by atoms with Gasteiger partial charge in [0.05, 0.1) is 11.8 Å². The van der Waals surface area contributed by atoms with Gasteiger partial charge in [0.2, 0.25) is 5.22 Å². The topological polar surface area (TPSA) is 42.2 Å². The van der Waals surface area contributed by atoms with Crippen molar-refractivity contribution in [2.24, 2.45) is 0 Å². The number of carbonyl (C=O) groups is 1. The van der Waals surface area contributed by atoms with E-state index in [1.165, 1.54) is 6.26 Å². The molecule has 1 amide bonds. The second kappa shape index (κ2) is 5.59. The number of amides is 1. The third-order valence-electron chi connectivity index (χ3n) is 2.56. The fourth-order valence-electron chi connectivity index (χ4n) is 1.62. The van der Waals surface area contributed by atoms with E-state index >= 15 is 0 Å². The van der Waals surface area contributed by atoms with Crippen molar-refractivity contribution in [2.45, 2.75) is 13.3 Å². The van der Waals surface area contributed by atoms with Crippen molar-refractivity contribution in [3.05, 3.63) is 51.3 Å². The molecule has 0 fully saturated rings. The number of aryl methyl sites for hydroxylation is 1. The molecule has 18 heavy (non-hydrogen) atoms. The molecule has 0 aliphatic heterocycles. The lowest BCUT2D eigenvalue weighted by molar-refractivity contribution is 0.102. The number of furan rings is 1. The van der Waals surface area contributed by atoms with Crippen LogP contribution in [0.15, 0.2) is 39.4 Å². The Kier molecular flexibility index (Phi) is 4.09. The van der Waals surface area contributed by atoms with E-state index in [0.717, 1.165) is 22.1 Å². The normalized spacial score (nSPS) is 10.4. The number of nitrogens with one attached hydrogen (secondary N) is 1. The third kappa shape index (κ3) is 2.76.